The first-order chi connectivity index (χ1) is 20.4. The maximum Gasteiger partial charge on any atom is 0.253 e. The third kappa shape index (κ3) is 7.81. The molecule has 5 nitrogen and oxygen atoms in total. The third-order valence-electron chi connectivity index (χ3n) is 8.52. The van der Waals surface area contributed by atoms with Crippen LogP contribution in [0.5, 0.6) is 0 Å². The van der Waals surface area contributed by atoms with Crippen LogP contribution < -0.4 is 0 Å². The zero-order valence-corrected chi connectivity index (χ0v) is 25.3. The fourth-order valence-electron chi connectivity index (χ4n) is 6.32. The number of thiazole rings is 1. The Labute approximate surface area is 253 Å². The Bertz CT molecular complexity index is 1470. The molecule has 5 rings (SSSR count). The van der Waals surface area contributed by atoms with E-state index in [0.29, 0.717) is 30.0 Å². The lowest BCUT2D eigenvalue weighted by Gasteiger charge is -2.28. The quantitative estimate of drug-likeness (QED) is 0.180. The van der Waals surface area contributed by atoms with Gasteiger partial charge in [0.25, 0.3) is 5.91 Å². The first kappa shape index (κ1) is 29.9. The van der Waals surface area contributed by atoms with Crippen LogP contribution in [0, 0.1) is 24.7 Å². The molecule has 1 saturated carbocycles. The number of carbonyl (C=O) groups excluding carboxylic acids is 2. The van der Waals surface area contributed by atoms with Crippen LogP contribution >= 0.6 is 11.3 Å². The summed E-state index contributed by atoms with van der Waals surface area (Å²) in [5.74, 6) is 0.343. The van der Waals surface area contributed by atoms with Gasteiger partial charge in [0, 0.05) is 35.7 Å². The molecule has 0 unspecified atom stereocenters. The topological polar surface area (TPSA) is 70.5 Å². The number of aliphatic hydroxyl groups is 1. The summed E-state index contributed by atoms with van der Waals surface area (Å²) in [5.41, 5.74) is 4.40. The first-order valence-electron chi connectivity index (χ1n) is 14.9. The number of ketones is 1. The molecule has 1 N–H and O–H groups in total. The van der Waals surface area contributed by atoms with Gasteiger partial charge in [-0.3, -0.25) is 9.59 Å². The van der Waals surface area contributed by atoms with E-state index in [1.807, 2.05) is 36.6 Å². The average Bonchev–Trinajstić information content (AvgIpc) is 3.65. The van der Waals surface area contributed by atoms with Crippen molar-refractivity contribution in [3.8, 4) is 0 Å². The molecule has 1 amide bonds. The van der Waals surface area contributed by atoms with Crippen molar-refractivity contribution in [1.82, 2.24) is 9.88 Å². The maximum atomic E-state index is 13.7. The number of amides is 1. The summed E-state index contributed by atoms with van der Waals surface area (Å²) < 4.78 is 0. The molecule has 42 heavy (non-hydrogen) atoms. The first-order valence-corrected chi connectivity index (χ1v) is 15.8. The van der Waals surface area contributed by atoms with Crippen LogP contribution in [-0.4, -0.2) is 39.8 Å². The molecule has 1 aromatic heterocycles. The van der Waals surface area contributed by atoms with Crippen molar-refractivity contribution < 1.29 is 14.7 Å². The minimum atomic E-state index is -0.562. The highest BCUT2D eigenvalue weighted by Crippen LogP contribution is 2.38. The molecule has 218 valence electrons. The van der Waals surface area contributed by atoms with Crippen molar-refractivity contribution in [3.63, 3.8) is 0 Å². The molecule has 3 aromatic carbocycles. The predicted molar refractivity (Wildman–Crippen MR) is 169 cm³/mol. The van der Waals surface area contributed by atoms with E-state index in [4.69, 9.17) is 0 Å². The molecular weight excluding hydrogens is 540 g/mol. The molecule has 0 spiro atoms. The van der Waals surface area contributed by atoms with Crippen molar-refractivity contribution in [1.29, 1.82) is 0 Å². The van der Waals surface area contributed by atoms with Crippen molar-refractivity contribution >= 4 is 23.0 Å². The molecule has 0 aliphatic heterocycles. The van der Waals surface area contributed by atoms with Gasteiger partial charge >= 0.3 is 0 Å². The molecule has 0 bridgehead atoms. The summed E-state index contributed by atoms with van der Waals surface area (Å²) in [5, 5.41) is 14.5. The lowest BCUT2D eigenvalue weighted by Crippen LogP contribution is -2.31. The van der Waals surface area contributed by atoms with Crippen molar-refractivity contribution in [2.45, 2.75) is 58.1 Å². The van der Waals surface area contributed by atoms with E-state index in [0.717, 1.165) is 41.9 Å². The van der Waals surface area contributed by atoms with E-state index in [-0.39, 0.29) is 29.9 Å². The Morgan fingerprint density at radius 1 is 0.952 bits per heavy atom. The number of hydrogen-bond acceptors (Lipinski definition) is 5. The van der Waals surface area contributed by atoms with Gasteiger partial charge in [-0.25, -0.2) is 4.98 Å². The minimum absolute atomic E-state index is 0.0401. The molecule has 0 saturated heterocycles. The van der Waals surface area contributed by atoms with Gasteiger partial charge in [0.1, 0.15) is 5.01 Å². The SMILES string of the molecule is Cc1csc(CN(C)C(=O)c2cccc(C(=O)C[C@@H](Cc3ccccc3)[C@H](O)[C@@H]3CC[C@@H](Cc4ccccc4)C3)c2)n1. The summed E-state index contributed by atoms with van der Waals surface area (Å²) in [6.45, 7) is 2.36. The molecule has 4 atom stereocenters. The fraction of sp³-hybridized carbons (Fsp3) is 0.361. The summed E-state index contributed by atoms with van der Waals surface area (Å²) >= 11 is 1.54. The van der Waals surface area contributed by atoms with Crippen LogP contribution in [0.25, 0.3) is 0 Å². The van der Waals surface area contributed by atoms with Gasteiger partial charge in [-0.15, -0.1) is 11.3 Å². The number of aryl methyl sites for hydroxylation is 1. The number of aliphatic hydroxyl groups excluding tert-OH is 1. The fourth-order valence-corrected chi connectivity index (χ4v) is 7.15. The Morgan fingerprint density at radius 2 is 1.64 bits per heavy atom. The molecule has 4 aromatic rings. The van der Waals surface area contributed by atoms with Gasteiger partial charge in [0.05, 0.1) is 12.6 Å². The Morgan fingerprint density at radius 3 is 2.33 bits per heavy atom. The van der Waals surface area contributed by atoms with Crippen LogP contribution in [0.2, 0.25) is 0 Å². The number of hydrogen-bond donors (Lipinski definition) is 1. The van der Waals surface area contributed by atoms with Crippen LogP contribution in [0.1, 0.15) is 68.2 Å². The lowest BCUT2D eigenvalue weighted by atomic mass is 9.81. The zero-order valence-electron chi connectivity index (χ0n) is 24.5. The third-order valence-corrected chi connectivity index (χ3v) is 9.47. The number of Topliss-reactive ketones (excluding diaryl/α,β-unsaturated/α-hetero) is 1. The molecule has 6 heteroatoms. The van der Waals surface area contributed by atoms with E-state index in [1.54, 1.807) is 36.2 Å². The van der Waals surface area contributed by atoms with Gasteiger partial charge in [0.15, 0.2) is 5.78 Å². The maximum absolute atomic E-state index is 13.7. The van der Waals surface area contributed by atoms with E-state index in [1.165, 1.54) is 16.9 Å². The standard InChI is InChI=1S/C36H40N2O3S/c1-25-24-42-34(37-25)23-38(2)36(41)31-15-9-14-29(21-31)33(39)22-32(19-27-12-7-4-8-13-27)35(40)30-17-16-28(20-30)18-26-10-5-3-6-11-26/h3-15,21,24,28,30,32,35,40H,16-20,22-23H2,1-2H3/t28-,30+,32+,35+/m0/s1. The second-order valence-electron chi connectivity index (χ2n) is 11.8. The van der Waals surface area contributed by atoms with Gasteiger partial charge < -0.3 is 10.0 Å². The molecule has 0 radical (unpaired) electrons. The van der Waals surface area contributed by atoms with E-state index in [2.05, 4.69) is 41.4 Å². The molecule has 1 aliphatic carbocycles. The zero-order chi connectivity index (χ0) is 29.5. The predicted octanol–water partition coefficient (Wildman–Crippen LogP) is 7.18. The Kier molecular flexibility index (Phi) is 9.98. The number of benzene rings is 3. The largest absolute Gasteiger partial charge is 0.393 e. The smallest absolute Gasteiger partial charge is 0.253 e. The van der Waals surface area contributed by atoms with Crippen molar-refractivity contribution in [2.75, 3.05) is 7.05 Å². The lowest BCUT2D eigenvalue weighted by molar-refractivity contribution is 0.0442. The van der Waals surface area contributed by atoms with Crippen LogP contribution in [0.15, 0.2) is 90.3 Å². The molecule has 1 heterocycles. The highest BCUT2D eigenvalue weighted by atomic mass is 32.1. The number of carbonyl (C=O) groups is 2. The van der Waals surface area contributed by atoms with E-state index >= 15 is 0 Å². The Hall–Kier alpha value is -3.61. The van der Waals surface area contributed by atoms with Crippen molar-refractivity contribution in [2.24, 2.45) is 17.8 Å². The van der Waals surface area contributed by atoms with Crippen LogP contribution in [0.4, 0.5) is 0 Å². The highest BCUT2D eigenvalue weighted by Gasteiger charge is 2.35. The van der Waals surface area contributed by atoms with Crippen LogP contribution in [-0.2, 0) is 19.4 Å². The van der Waals surface area contributed by atoms with E-state index in [9.17, 15) is 14.7 Å². The summed E-state index contributed by atoms with van der Waals surface area (Å²) in [6.07, 6.45) is 4.40. The minimum Gasteiger partial charge on any atom is -0.393 e. The van der Waals surface area contributed by atoms with E-state index < -0.39 is 6.10 Å². The normalized spacial score (nSPS) is 18.0. The average molecular weight is 581 g/mol. The Balaban J connectivity index is 1.27. The van der Waals surface area contributed by atoms with Crippen LogP contribution in [0.3, 0.4) is 0 Å². The highest BCUT2D eigenvalue weighted by molar-refractivity contribution is 7.09. The number of aromatic nitrogens is 1. The second kappa shape index (κ2) is 14.0. The molecular formula is C36H40N2O3S. The molecule has 1 aliphatic rings. The van der Waals surface area contributed by atoms with Gasteiger partial charge in [-0.1, -0.05) is 72.8 Å². The summed E-state index contributed by atoms with van der Waals surface area (Å²) in [4.78, 5) is 32.9. The summed E-state index contributed by atoms with van der Waals surface area (Å²) in [6, 6.07) is 27.7. The van der Waals surface area contributed by atoms with Crippen molar-refractivity contribution in [3.05, 3.63) is 123 Å². The number of nitrogens with zero attached hydrogens (tertiary/aromatic N) is 2. The number of rotatable bonds is 12. The van der Waals surface area contributed by atoms with Gasteiger partial charge in [0.2, 0.25) is 0 Å². The monoisotopic (exact) mass is 580 g/mol. The van der Waals surface area contributed by atoms with Gasteiger partial charge in [-0.2, -0.15) is 0 Å². The van der Waals surface area contributed by atoms with Gasteiger partial charge in [-0.05, 0) is 80.0 Å². The summed E-state index contributed by atoms with van der Waals surface area (Å²) in [7, 11) is 1.76. The second-order valence-corrected chi connectivity index (χ2v) is 12.8. The molecule has 1 fully saturated rings.